The van der Waals surface area contributed by atoms with E-state index in [0.29, 0.717) is 23.9 Å². The lowest BCUT2D eigenvalue weighted by atomic mass is 9.78. The molecule has 6 heteroatoms. The van der Waals surface area contributed by atoms with E-state index in [-0.39, 0.29) is 17.4 Å². The molecular formula is C21H29N3O3. The molecule has 27 heavy (non-hydrogen) atoms. The van der Waals surface area contributed by atoms with Crippen LogP contribution in [0.25, 0.3) is 0 Å². The largest absolute Gasteiger partial charge is 0.375 e. The van der Waals surface area contributed by atoms with Crippen molar-refractivity contribution in [1.29, 1.82) is 0 Å². The molecule has 1 spiro atoms. The number of carbonyl (C=O) groups excluding carboxylic acids is 2. The molecule has 1 N–H and O–H groups in total. The maximum Gasteiger partial charge on any atom is 0.251 e. The summed E-state index contributed by atoms with van der Waals surface area (Å²) in [7, 11) is 0. The van der Waals surface area contributed by atoms with Crippen molar-refractivity contribution in [3.8, 4) is 0 Å². The Morgan fingerprint density at radius 1 is 1.19 bits per heavy atom. The Labute approximate surface area is 160 Å². The molecule has 2 saturated heterocycles. The summed E-state index contributed by atoms with van der Waals surface area (Å²) < 4.78 is 6.20. The monoisotopic (exact) mass is 371 g/mol. The van der Waals surface area contributed by atoms with Gasteiger partial charge in [-0.2, -0.15) is 0 Å². The molecule has 4 rings (SSSR count). The zero-order valence-corrected chi connectivity index (χ0v) is 15.9. The molecule has 6 nitrogen and oxygen atoms in total. The number of aromatic nitrogens is 1. The molecule has 0 radical (unpaired) electrons. The van der Waals surface area contributed by atoms with Crippen molar-refractivity contribution in [2.45, 2.75) is 50.5 Å². The first-order valence-electron chi connectivity index (χ1n) is 10.3. The number of nitrogens with zero attached hydrogens (tertiary/aromatic N) is 2. The van der Waals surface area contributed by atoms with Crippen molar-refractivity contribution >= 4 is 11.8 Å². The van der Waals surface area contributed by atoms with Gasteiger partial charge in [-0.15, -0.1) is 0 Å². The van der Waals surface area contributed by atoms with E-state index in [1.165, 1.54) is 6.42 Å². The summed E-state index contributed by atoms with van der Waals surface area (Å²) in [6.07, 6.45) is 10.4. The van der Waals surface area contributed by atoms with Gasteiger partial charge in [0.05, 0.1) is 5.60 Å². The average molecular weight is 371 g/mol. The number of ether oxygens (including phenoxy) is 1. The van der Waals surface area contributed by atoms with E-state index in [2.05, 4.69) is 10.3 Å². The summed E-state index contributed by atoms with van der Waals surface area (Å²) >= 11 is 0. The molecule has 3 heterocycles. The fourth-order valence-electron chi connectivity index (χ4n) is 4.54. The molecule has 1 aromatic heterocycles. The van der Waals surface area contributed by atoms with Gasteiger partial charge in [-0.05, 0) is 56.6 Å². The second-order valence-corrected chi connectivity index (χ2v) is 8.29. The number of hydrogen-bond acceptors (Lipinski definition) is 4. The van der Waals surface area contributed by atoms with Crippen LogP contribution in [0.3, 0.4) is 0 Å². The molecule has 2 aliphatic heterocycles. The highest BCUT2D eigenvalue weighted by molar-refractivity contribution is 5.93. The Morgan fingerprint density at radius 3 is 2.59 bits per heavy atom. The van der Waals surface area contributed by atoms with E-state index in [1.54, 1.807) is 24.5 Å². The fraction of sp³-hybridized carbons (Fsp3) is 0.667. The van der Waals surface area contributed by atoms with E-state index < -0.39 is 0 Å². The Hall–Kier alpha value is -1.95. The van der Waals surface area contributed by atoms with Crippen molar-refractivity contribution in [2.75, 3.05) is 26.2 Å². The van der Waals surface area contributed by atoms with Crippen molar-refractivity contribution < 1.29 is 14.3 Å². The first-order valence-corrected chi connectivity index (χ1v) is 10.3. The van der Waals surface area contributed by atoms with Crippen LogP contribution in [0.1, 0.15) is 55.3 Å². The lowest BCUT2D eigenvalue weighted by Crippen LogP contribution is -2.53. The van der Waals surface area contributed by atoms with Gasteiger partial charge in [0.15, 0.2) is 0 Å². The number of hydrogen-bond donors (Lipinski definition) is 1. The zero-order valence-electron chi connectivity index (χ0n) is 15.9. The van der Waals surface area contributed by atoms with Gasteiger partial charge in [0.25, 0.3) is 5.91 Å². The SMILES string of the molecule is O=C(NCC1CCOC2(CCN(C(=O)C3CCC3)CC2)C1)c1ccncc1. The van der Waals surface area contributed by atoms with Gasteiger partial charge >= 0.3 is 0 Å². The Bertz CT molecular complexity index is 667. The minimum atomic E-state index is -0.110. The third kappa shape index (κ3) is 4.15. The predicted molar refractivity (Wildman–Crippen MR) is 101 cm³/mol. The second kappa shape index (κ2) is 7.97. The van der Waals surface area contributed by atoms with Gasteiger partial charge in [0, 0.05) is 50.1 Å². The summed E-state index contributed by atoms with van der Waals surface area (Å²) in [5.41, 5.74) is 0.537. The molecule has 0 bridgehead atoms. The summed E-state index contributed by atoms with van der Waals surface area (Å²) in [4.78, 5) is 30.7. The molecule has 3 aliphatic rings. The van der Waals surface area contributed by atoms with E-state index >= 15 is 0 Å². The Balaban J connectivity index is 1.27. The fourth-order valence-corrected chi connectivity index (χ4v) is 4.54. The van der Waals surface area contributed by atoms with Crippen LogP contribution in [0.5, 0.6) is 0 Å². The number of piperidine rings is 1. The van der Waals surface area contributed by atoms with E-state index in [9.17, 15) is 9.59 Å². The van der Waals surface area contributed by atoms with Crippen molar-refractivity contribution in [3.05, 3.63) is 30.1 Å². The third-order valence-corrected chi connectivity index (χ3v) is 6.53. The van der Waals surface area contributed by atoms with Crippen molar-refractivity contribution in [3.63, 3.8) is 0 Å². The van der Waals surface area contributed by atoms with Gasteiger partial charge < -0.3 is 15.0 Å². The maximum absolute atomic E-state index is 12.5. The molecular weight excluding hydrogens is 342 g/mol. The first kappa shape index (κ1) is 18.4. The third-order valence-electron chi connectivity index (χ3n) is 6.53. The van der Waals surface area contributed by atoms with Crippen molar-refractivity contribution in [1.82, 2.24) is 15.2 Å². The van der Waals surface area contributed by atoms with Crippen LogP contribution in [0.15, 0.2) is 24.5 Å². The van der Waals surface area contributed by atoms with Gasteiger partial charge in [-0.1, -0.05) is 6.42 Å². The molecule has 146 valence electrons. The van der Waals surface area contributed by atoms with E-state index in [4.69, 9.17) is 4.74 Å². The molecule has 0 aromatic carbocycles. The molecule has 1 atom stereocenters. The smallest absolute Gasteiger partial charge is 0.251 e. The quantitative estimate of drug-likeness (QED) is 0.882. The predicted octanol–water partition coefficient (Wildman–Crippen LogP) is 2.40. The lowest BCUT2D eigenvalue weighted by Gasteiger charge is -2.47. The van der Waals surface area contributed by atoms with Gasteiger partial charge in [-0.25, -0.2) is 0 Å². The standard InChI is InChI=1S/C21H29N3O3/c25-19(17-4-9-22-10-5-17)23-15-16-6-13-27-21(14-16)7-11-24(12-8-21)20(26)18-2-1-3-18/h4-5,9-10,16,18H,1-3,6-8,11-15H2,(H,23,25). The summed E-state index contributed by atoms with van der Waals surface area (Å²) in [5.74, 6) is 1.02. The number of rotatable bonds is 4. The number of likely N-dealkylation sites (tertiary alicyclic amines) is 1. The molecule has 1 unspecified atom stereocenters. The van der Waals surface area contributed by atoms with Gasteiger partial charge in [0.1, 0.15) is 0 Å². The number of pyridine rings is 1. The van der Waals surface area contributed by atoms with E-state index in [0.717, 1.165) is 58.2 Å². The Kier molecular flexibility index (Phi) is 5.43. The highest BCUT2D eigenvalue weighted by Crippen LogP contribution is 2.38. The van der Waals surface area contributed by atoms with Crippen LogP contribution in [0.4, 0.5) is 0 Å². The number of nitrogens with one attached hydrogen (secondary N) is 1. The van der Waals surface area contributed by atoms with Crippen molar-refractivity contribution in [2.24, 2.45) is 11.8 Å². The normalized spacial score (nSPS) is 25.0. The van der Waals surface area contributed by atoms with E-state index in [1.807, 2.05) is 4.90 Å². The summed E-state index contributed by atoms with van der Waals surface area (Å²) in [6.45, 7) is 3.04. The topological polar surface area (TPSA) is 71.5 Å². The van der Waals surface area contributed by atoms with Gasteiger partial charge in [-0.3, -0.25) is 14.6 Å². The van der Waals surface area contributed by atoms with Crippen LogP contribution in [-0.2, 0) is 9.53 Å². The molecule has 1 aliphatic carbocycles. The highest BCUT2D eigenvalue weighted by Gasteiger charge is 2.42. The molecule has 3 fully saturated rings. The number of amides is 2. The summed E-state index contributed by atoms with van der Waals surface area (Å²) in [6, 6.07) is 3.46. The molecule has 2 amide bonds. The lowest BCUT2D eigenvalue weighted by molar-refractivity contribution is -0.152. The van der Waals surface area contributed by atoms with Crippen LogP contribution < -0.4 is 5.32 Å². The first-order chi connectivity index (χ1) is 13.2. The molecule has 1 aromatic rings. The minimum Gasteiger partial charge on any atom is -0.375 e. The average Bonchev–Trinajstić information content (AvgIpc) is 2.66. The number of carbonyl (C=O) groups is 2. The maximum atomic E-state index is 12.5. The van der Waals surface area contributed by atoms with Crippen LogP contribution in [-0.4, -0.2) is 53.5 Å². The summed E-state index contributed by atoms with van der Waals surface area (Å²) in [5, 5.41) is 3.06. The second-order valence-electron chi connectivity index (χ2n) is 8.29. The van der Waals surface area contributed by atoms with Gasteiger partial charge in [0.2, 0.25) is 5.91 Å². The Morgan fingerprint density at radius 2 is 1.93 bits per heavy atom. The van der Waals surface area contributed by atoms with Crippen LogP contribution in [0, 0.1) is 11.8 Å². The zero-order chi connectivity index (χ0) is 18.7. The molecule has 1 saturated carbocycles. The van der Waals surface area contributed by atoms with Crippen LogP contribution >= 0.6 is 0 Å². The highest BCUT2D eigenvalue weighted by atomic mass is 16.5. The minimum absolute atomic E-state index is 0.0427. The van der Waals surface area contributed by atoms with Crippen LogP contribution in [0.2, 0.25) is 0 Å².